The van der Waals surface area contributed by atoms with Gasteiger partial charge in [-0.1, -0.05) is 197 Å². The van der Waals surface area contributed by atoms with Crippen LogP contribution in [0.3, 0.4) is 0 Å². The lowest BCUT2D eigenvalue weighted by Gasteiger charge is -2.27. The lowest BCUT2D eigenvalue weighted by atomic mass is 10.0. The fourth-order valence-electron chi connectivity index (χ4n) is 7.30. The average Bonchev–Trinajstić information content (AvgIpc) is 3.72. The standard InChI is InChI=1S/C49H96N6O4P2S4/c1-6-11-16-17-18-19-20-21-22-23-24-25-26-27-28-31-38-53(46-64-60(62,56-41-12-7-2)57-42-13-8-3)39-32-36-50-37-33-40-54(45-55-49-35-30-29-34-48(49)51-52-55)47-65-61(63,58-43-14-9-4)59-44-15-10-5/h29-30,34-35,50H,6-28,31-33,36-47H2,1-5H3. The molecule has 0 bridgehead atoms. The number of fused-ring (bicyclic) bond motifs is 1. The van der Waals surface area contributed by atoms with E-state index in [9.17, 15) is 0 Å². The zero-order valence-electron chi connectivity index (χ0n) is 42.1. The Hall–Kier alpha value is 0.340. The van der Waals surface area contributed by atoms with Crippen molar-refractivity contribution in [1.82, 2.24) is 30.1 Å². The smallest absolute Gasteiger partial charge is 0.248 e. The molecule has 0 radical (unpaired) electrons. The van der Waals surface area contributed by atoms with Gasteiger partial charge in [-0.05, 0) is 100 Å². The Balaban J connectivity index is 1.87. The van der Waals surface area contributed by atoms with Gasteiger partial charge >= 0.3 is 0 Å². The van der Waals surface area contributed by atoms with E-state index in [1.54, 1.807) is 22.8 Å². The van der Waals surface area contributed by atoms with E-state index < -0.39 is 11.4 Å². The van der Waals surface area contributed by atoms with Crippen molar-refractivity contribution in [2.24, 2.45) is 0 Å². The largest absolute Gasteiger partial charge is 0.322 e. The first kappa shape index (κ1) is 61.5. The maximum absolute atomic E-state index is 6.32. The van der Waals surface area contributed by atoms with Gasteiger partial charge in [0.15, 0.2) is 0 Å². The maximum atomic E-state index is 6.32. The van der Waals surface area contributed by atoms with Gasteiger partial charge in [0.05, 0.1) is 50.4 Å². The minimum Gasteiger partial charge on any atom is -0.322 e. The molecule has 65 heavy (non-hydrogen) atoms. The van der Waals surface area contributed by atoms with Gasteiger partial charge < -0.3 is 23.4 Å². The second-order valence-electron chi connectivity index (χ2n) is 17.6. The van der Waals surface area contributed by atoms with Crippen molar-refractivity contribution in [2.75, 3.05) is 70.9 Å². The van der Waals surface area contributed by atoms with Crippen LogP contribution in [0.5, 0.6) is 0 Å². The van der Waals surface area contributed by atoms with Gasteiger partial charge in [0.25, 0.3) is 0 Å². The Labute approximate surface area is 417 Å². The van der Waals surface area contributed by atoms with Crippen molar-refractivity contribution in [3.05, 3.63) is 24.3 Å². The monoisotopic (exact) mass is 1020 g/mol. The zero-order chi connectivity index (χ0) is 46.9. The predicted molar refractivity (Wildman–Crippen MR) is 294 cm³/mol. The molecule has 0 fully saturated rings. The maximum Gasteiger partial charge on any atom is 0.248 e. The summed E-state index contributed by atoms with van der Waals surface area (Å²) in [5, 5.41) is 12.7. The molecule has 10 nitrogen and oxygen atoms in total. The minimum atomic E-state index is -2.47. The number of unbranched alkanes of at least 4 members (excludes halogenated alkanes) is 19. The molecule has 0 aliphatic carbocycles. The molecule has 380 valence electrons. The van der Waals surface area contributed by atoms with Gasteiger partial charge in [0, 0.05) is 13.1 Å². The van der Waals surface area contributed by atoms with Gasteiger partial charge in [-0.2, -0.15) is 0 Å². The molecule has 0 amide bonds. The van der Waals surface area contributed by atoms with E-state index in [-0.39, 0.29) is 0 Å². The molecule has 16 heteroatoms. The third kappa shape index (κ3) is 32.0. The summed E-state index contributed by atoms with van der Waals surface area (Å²) in [6.45, 7) is 19.3. The Morgan fingerprint density at radius 1 is 0.508 bits per heavy atom. The normalized spacial score (nSPS) is 12.5. The summed E-state index contributed by atoms with van der Waals surface area (Å²) in [6, 6.07) is 8.17. The van der Waals surface area contributed by atoms with E-state index in [0.29, 0.717) is 39.0 Å². The number of nitrogens with zero attached hydrogens (tertiary/aromatic N) is 5. The lowest BCUT2D eigenvalue weighted by molar-refractivity contribution is 0.238. The van der Waals surface area contributed by atoms with Crippen LogP contribution in [0.15, 0.2) is 24.3 Å². The van der Waals surface area contributed by atoms with Crippen LogP contribution < -0.4 is 5.32 Å². The Morgan fingerprint density at radius 3 is 1.35 bits per heavy atom. The third-order valence-corrected chi connectivity index (χ3v) is 22.1. The molecular formula is C49H96N6O4P2S4. The van der Waals surface area contributed by atoms with Crippen molar-refractivity contribution in [3.8, 4) is 0 Å². The highest BCUT2D eigenvalue weighted by molar-refractivity contribution is 8.68. The average molecular weight is 1020 g/mol. The van der Waals surface area contributed by atoms with E-state index in [0.717, 1.165) is 114 Å². The van der Waals surface area contributed by atoms with Crippen molar-refractivity contribution in [3.63, 3.8) is 0 Å². The fourth-order valence-corrected chi connectivity index (χ4v) is 15.6. The van der Waals surface area contributed by atoms with E-state index in [1.807, 2.05) is 22.9 Å². The summed E-state index contributed by atoms with van der Waals surface area (Å²) in [5.74, 6) is 1.59. The quantitative estimate of drug-likeness (QED) is 0.0388. The SMILES string of the molecule is CCCCCCCCCCCCCCCCCCN(CCCNCCCN(CSP(=S)(OCCCC)OCCCC)Cn1nnc2ccccc21)CSP(=S)(OCCCC)OCCCC. The van der Waals surface area contributed by atoms with Gasteiger partial charge in [-0.3, -0.25) is 9.80 Å². The van der Waals surface area contributed by atoms with E-state index in [4.69, 9.17) is 41.7 Å². The van der Waals surface area contributed by atoms with Gasteiger partial charge in [0.1, 0.15) is 5.52 Å². The molecule has 0 spiro atoms. The molecule has 0 unspecified atom stereocenters. The molecule has 2 rings (SSSR count). The first-order valence-corrected chi connectivity index (χ1v) is 34.8. The van der Waals surface area contributed by atoms with Gasteiger partial charge in [-0.25, -0.2) is 4.68 Å². The van der Waals surface area contributed by atoms with Crippen LogP contribution in [0.2, 0.25) is 0 Å². The minimum absolute atomic E-state index is 0.635. The number of benzene rings is 1. The van der Waals surface area contributed by atoms with Crippen LogP contribution in [0.1, 0.15) is 202 Å². The Bertz CT molecular complexity index is 1450. The summed E-state index contributed by atoms with van der Waals surface area (Å²) in [6.07, 6.45) is 32.7. The van der Waals surface area contributed by atoms with Crippen LogP contribution in [-0.2, 0) is 48.4 Å². The second-order valence-corrected chi connectivity index (χ2v) is 30.2. The molecule has 0 aliphatic rings. The highest BCUT2D eigenvalue weighted by Gasteiger charge is 2.24. The van der Waals surface area contributed by atoms with E-state index in [2.05, 4.69) is 66.1 Å². The number of rotatable bonds is 49. The van der Waals surface area contributed by atoms with E-state index in [1.165, 1.54) is 103 Å². The molecule has 1 aromatic carbocycles. The Morgan fingerprint density at radius 2 is 0.892 bits per heavy atom. The molecule has 0 atom stereocenters. The number of hydrogen-bond donors (Lipinski definition) is 1. The molecular weight excluding hydrogens is 927 g/mol. The Kier molecular flexibility index (Phi) is 39.8. The van der Waals surface area contributed by atoms with Crippen molar-refractivity contribution >= 4 is 68.8 Å². The summed E-state index contributed by atoms with van der Waals surface area (Å²) >= 11 is 15.6. The van der Waals surface area contributed by atoms with Crippen molar-refractivity contribution in [2.45, 2.75) is 208 Å². The summed E-state index contributed by atoms with van der Waals surface area (Å²) in [7, 11) is 0. The molecule has 1 N–H and O–H groups in total. The zero-order valence-corrected chi connectivity index (χ0v) is 47.1. The van der Waals surface area contributed by atoms with Gasteiger partial charge in [0.2, 0.25) is 11.4 Å². The van der Waals surface area contributed by atoms with Crippen LogP contribution >= 0.6 is 34.2 Å². The predicted octanol–water partition coefficient (Wildman–Crippen LogP) is 15.7. The van der Waals surface area contributed by atoms with Gasteiger partial charge in [-0.15, -0.1) is 5.10 Å². The first-order valence-electron chi connectivity index (χ1n) is 26.3. The van der Waals surface area contributed by atoms with Crippen molar-refractivity contribution in [1.29, 1.82) is 0 Å². The van der Waals surface area contributed by atoms with Crippen LogP contribution in [-0.4, -0.2) is 95.7 Å². The molecule has 0 saturated carbocycles. The highest BCUT2D eigenvalue weighted by Crippen LogP contribution is 2.62. The highest BCUT2D eigenvalue weighted by atomic mass is 32.9. The summed E-state index contributed by atoms with van der Waals surface area (Å²) in [5.41, 5.74) is -2.91. The number of hydrogen-bond acceptors (Lipinski definition) is 13. The number of nitrogens with one attached hydrogen (secondary N) is 1. The first-order chi connectivity index (χ1) is 31.8. The second kappa shape index (κ2) is 42.1. The van der Waals surface area contributed by atoms with E-state index >= 15 is 0 Å². The molecule has 0 saturated heterocycles. The fraction of sp³-hybridized carbons (Fsp3) is 0.878. The molecule has 1 aromatic heterocycles. The third-order valence-electron chi connectivity index (χ3n) is 11.5. The van der Waals surface area contributed by atoms with Crippen LogP contribution in [0.25, 0.3) is 11.0 Å². The number of aromatic nitrogens is 3. The summed E-state index contributed by atoms with van der Waals surface area (Å²) in [4.78, 5) is 5.02. The molecule has 0 aliphatic heterocycles. The molecule has 2 aromatic rings. The van der Waals surface area contributed by atoms with Crippen LogP contribution in [0, 0.1) is 0 Å². The van der Waals surface area contributed by atoms with Crippen molar-refractivity contribution < 1.29 is 18.1 Å². The number of para-hydroxylation sites is 1. The lowest BCUT2D eigenvalue weighted by Crippen LogP contribution is -2.31. The molecule has 1 heterocycles. The van der Waals surface area contributed by atoms with Crippen LogP contribution in [0.4, 0.5) is 0 Å². The topological polar surface area (TPSA) is 86.1 Å². The summed E-state index contributed by atoms with van der Waals surface area (Å²) < 4.78 is 27.2.